The lowest BCUT2D eigenvalue weighted by Gasteiger charge is -2.08. The average Bonchev–Trinajstić information content (AvgIpc) is 2.73. The molecule has 3 rings (SSSR count). The molecule has 0 aliphatic heterocycles. The highest BCUT2D eigenvalue weighted by Gasteiger charge is 2.18. The molecule has 0 bridgehead atoms. The fourth-order valence-corrected chi connectivity index (χ4v) is 2.83. The number of amides is 1. The van der Waals surface area contributed by atoms with Crippen LogP contribution in [0, 0.1) is 20.8 Å². The molecule has 0 spiro atoms. The number of anilines is 2. The summed E-state index contributed by atoms with van der Waals surface area (Å²) in [5.74, 6) is -0.102. The molecule has 1 aromatic heterocycles. The maximum atomic E-state index is 12.3. The Bertz CT molecular complexity index is 1070. The van der Waals surface area contributed by atoms with Crippen molar-refractivity contribution in [3.63, 3.8) is 0 Å². The first-order valence-corrected chi connectivity index (χ1v) is 9.15. The molecule has 10 heteroatoms. The van der Waals surface area contributed by atoms with Crippen molar-refractivity contribution in [1.29, 1.82) is 5.26 Å². The molecule has 2 N–H and O–H groups in total. The fourth-order valence-electron chi connectivity index (χ4n) is 2.38. The first-order valence-electron chi connectivity index (χ1n) is 8.33. The highest BCUT2D eigenvalue weighted by Crippen LogP contribution is 2.27. The van der Waals surface area contributed by atoms with Gasteiger partial charge >= 0.3 is 5.69 Å². The molecular weight excluding hydrogens is 392 g/mol. The Morgan fingerprint density at radius 2 is 1.90 bits per heavy atom. The summed E-state index contributed by atoms with van der Waals surface area (Å²) in [4.78, 5) is 30.5. The van der Waals surface area contributed by atoms with Crippen LogP contribution in [0.15, 0.2) is 65.8 Å². The molecule has 2 aromatic carbocycles. The predicted molar refractivity (Wildman–Crippen MR) is 107 cm³/mol. The smallest absolute Gasteiger partial charge is 0.320 e. The minimum absolute atomic E-state index is 0.0492. The number of hydrogen-bond donors (Lipinski definition) is 2. The van der Waals surface area contributed by atoms with Crippen molar-refractivity contribution in [3.8, 4) is 5.40 Å². The third-order valence-electron chi connectivity index (χ3n) is 3.77. The molecule has 3 aromatic rings. The lowest BCUT2D eigenvalue weighted by molar-refractivity contribution is -0.388. The van der Waals surface area contributed by atoms with E-state index in [-0.39, 0.29) is 22.6 Å². The number of aromatic nitrogens is 2. The zero-order valence-electron chi connectivity index (χ0n) is 14.9. The minimum Gasteiger partial charge on any atom is -0.348 e. The predicted octanol–water partition coefficient (Wildman–Crippen LogP) is 3.63. The topological polar surface area (TPSA) is 134 Å². The molecule has 0 radical (unpaired) electrons. The van der Waals surface area contributed by atoms with Crippen LogP contribution in [-0.2, 0) is 6.54 Å². The number of nitrogens with one attached hydrogen (secondary N) is 2. The molecule has 1 amide bonds. The summed E-state index contributed by atoms with van der Waals surface area (Å²) in [5, 5.41) is 27.2. The number of nitriles is 1. The van der Waals surface area contributed by atoms with Gasteiger partial charge in [0.1, 0.15) is 11.6 Å². The van der Waals surface area contributed by atoms with Gasteiger partial charge in [0.05, 0.1) is 4.92 Å². The molecule has 0 saturated carbocycles. The van der Waals surface area contributed by atoms with E-state index in [0.29, 0.717) is 29.6 Å². The lowest BCUT2D eigenvalue weighted by Crippen LogP contribution is -2.22. The SMILES string of the molecule is N#CSc1nc(Nc2ccc(C(=O)NCc3ccccc3)cc2)ncc1[N+](=O)[O-]. The number of thiocyanates is 1. The molecule has 29 heavy (non-hydrogen) atoms. The Kier molecular flexibility index (Phi) is 6.34. The van der Waals surface area contributed by atoms with E-state index in [2.05, 4.69) is 20.6 Å². The van der Waals surface area contributed by atoms with Crippen LogP contribution in [0.1, 0.15) is 15.9 Å². The minimum atomic E-state index is -0.647. The molecule has 0 fully saturated rings. The van der Waals surface area contributed by atoms with Gasteiger partial charge in [0, 0.05) is 29.6 Å². The molecule has 0 aliphatic carbocycles. The van der Waals surface area contributed by atoms with Crippen LogP contribution in [0.3, 0.4) is 0 Å². The highest BCUT2D eigenvalue weighted by molar-refractivity contribution is 8.03. The van der Waals surface area contributed by atoms with E-state index in [4.69, 9.17) is 5.26 Å². The molecule has 0 aliphatic rings. The zero-order chi connectivity index (χ0) is 20.6. The lowest BCUT2D eigenvalue weighted by atomic mass is 10.2. The number of hydrogen-bond acceptors (Lipinski definition) is 8. The number of nitrogens with zero attached hydrogens (tertiary/aromatic N) is 4. The highest BCUT2D eigenvalue weighted by atomic mass is 32.2. The number of thioether (sulfide) groups is 1. The normalized spacial score (nSPS) is 10.0. The van der Waals surface area contributed by atoms with Gasteiger partial charge in [0.2, 0.25) is 5.95 Å². The number of carbonyl (C=O) groups excluding carboxylic acids is 1. The maximum absolute atomic E-state index is 12.3. The van der Waals surface area contributed by atoms with Crippen molar-refractivity contribution < 1.29 is 9.72 Å². The zero-order valence-corrected chi connectivity index (χ0v) is 15.7. The van der Waals surface area contributed by atoms with Gasteiger partial charge < -0.3 is 10.6 Å². The van der Waals surface area contributed by atoms with Crippen molar-refractivity contribution in [1.82, 2.24) is 15.3 Å². The third-order valence-corrected chi connectivity index (χ3v) is 4.36. The molecular formula is C19H14N6O3S. The van der Waals surface area contributed by atoms with E-state index in [0.717, 1.165) is 11.8 Å². The van der Waals surface area contributed by atoms with Crippen molar-refractivity contribution in [2.24, 2.45) is 0 Å². The van der Waals surface area contributed by atoms with Gasteiger partial charge in [-0.2, -0.15) is 10.2 Å². The van der Waals surface area contributed by atoms with E-state index in [1.54, 1.807) is 29.7 Å². The summed E-state index contributed by atoms with van der Waals surface area (Å²) >= 11 is 0.585. The van der Waals surface area contributed by atoms with Crippen LogP contribution in [0.4, 0.5) is 17.3 Å². The van der Waals surface area contributed by atoms with Gasteiger partial charge in [-0.25, -0.2) is 4.98 Å². The Balaban J connectivity index is 1.66. The first-order chi connectivity index (χ1) is 14.1. The summed E-state index contributed by atoms with van der Waals surface area (Å²) in [6, 6.07) is 16.2. The Morgan fingerprint density at radius 3 is 2.55 bits per heavy atom. The van der Waals surface area contributed by atoms with Crippen LogP contribution in [-0.4, -0.2) is 20.8 Å². The van der Waals surface area contributed by atoms with E-state index in [1.807, 2.05) is 30.3 Å². The monoisotopic (exact) mass is 406 g/mol. The number of rotatable bonds is 7. The standard InChI is InChI=1S/C19H14N6O3S/c20-12-29-18-16(25(27)28)11-22-19(24-18)23-15-8-6-14(7-9-15)17(26)21-10-13-4-2-1-3-5-13/h1-9,11H,10H2,(H,21,26)(H,22,23,24). The largest absolute Gasteiger partial charge is 0.348 e. The molecule has 0 atom stereocenters. The summed E-state index contributed by atoms with van der Waals surface area (Å²) < 4.78 is 0. The molecule has 9 nitrogen and oxygen atoms in total. The van der Waals surface area contributed by atoms with Crippen LogP contribution >= 0.6 is 11.8 Å². The van der Waals surface area contributed by atoms with E-state index in [9.17, 15) is 14.9 Å². The van der Waals surface area contributed by atoms with Gasteiger partial charge in [0.15, 0.2) is 5.03 Å². The van der Waals surface area contributed by atoms with Crippen LogP contribution in [0.5, 0.6) is 0 Å². The summed E-state index contributed by atoms with van der Waals surface area (Å²) in [6.07, 6.45) is 1.04. The van der Waals surface area contributed by atoms with Crippen LogP contribution < -0.4 is 10.6 Å². The maximum Gasteiger partial charge on any atom is 0.320 e. The Hall–Kier alpha value is -3.97. The van der Waals surface area contributed by atoms with Gasteiger partial charge in [-0.15, -0.1) is 0 Å². The molecule has 0 saturated heterocycles. The van der Waals surface area contributed by atoms with Gasteiger partial charge in [0.25, 0.3) is 5.91 Å². The molecule has 144 valence electrons. The van der Waals surface area contributed by atoms with E-state index in [1.165, 1.54) is 0 Å². The van der Waals surface area contributed by atoms with Gasteiger partial charge in [-0.1, -0.05) is 30.3 Å². The van der Waals surface area contributed by atoms with Gasteiger partial charge in [-0.05, 0) is 29.8 Å². The third kappa shape index (κ3) is 5.27. The van der Waals surface area contributed by atoms with Gasteiger partial charge in [-0.3, -0.25) is 14.9 Å². The molecule has 1 heterocycles. The second-order valence-electron chi connectivity index (χ2n) is 5.71. The number of nitro groups is 1. The Morgan fingerprint density at radius 1 is 1.17 bits per heavy atom. The van der Waals surface area contributed by atoms with Crippen molar-refractivity contribution >= 4 is 35.0 Å². The van der Waals surface area contributed by atoms with E-state index < -0.39 is 4.92 Å². The quantitative estimate of drug-likeness (QED) is 0.200. The van der Waals surface area contributed by atoms with E-state index >= 15 is 0 Å². The second kappa shape index (κ2) is 9.29. The van der Waals surface area contributed by atoms with Crippen LogP contribution in [0.25, 0.3) is 0 Å². The molecule has 0 unspecified atom stereocenters. The average molecular weight is 406 g/mol. The summed E-state index contributed by atoms with van der Waals surface area (Å²) in [6.45, 7) is 0.426. The van der Waals surface area contributed by atoms with Crippen molar-refractivity contribution in [2.75, 3.05) is 5.32 Å². The fraction of sp³-hybridized carbons (Fsp3) is 0.0526. The van der Waals surface area contributed by atoms with Crippen molar-refractivity contribution in [3.05, 3.63) is 82.0 Å². The first kappa shape index (κ1) is 19.8. The summed E-state index contributed by atoms with van der Waals surface area (Å²) in [7, 11) is 0. The number of carbonyl (C=O) groups is 1. The Labute approximate surface area is 170 Å². The summed E-state index contributed by atoms with van der Waals surface area (Å²) in [5.41, 5.74) is 1.73. The van der Waals surface area contributed by atoms with Crippen molar-refractivity contribution in [2.45, 2.75) is 11.6 Å². The second-order valence-corrected chi connectivity index (χ2v) is 6.48. The van der Waals surface area contributed by atoms with Crippen LogP contribution in [0.2, 0.25) is 0 Å². The number of benzene rings is 2.